The summed E-state index contributed by atoms with van der Waals surface area (Å²) in [5.74, 6) is 0.702. The van der Waals surface area contributed by atoms with E-state index in [9.17, 15) is 4.79 Å². The van der Waals surface area contributed by atoms with E-state index in [0.29, 0.717) is 11.7 Å². The fourth-order valence-electron chi connectivity index (χ4n) is 1.75. The summed E-state index contributed by atoms with van der Waals surface area (Å²) in [6, 6.07) is 0. The molecule has 0 radical (unpaired) electrons. The predicted molar refractivity (Wildman–Crippen MR) is 62.2 cm³/mol. The highest BCUT2D eigenvalue weighted by atomic mass is 32.2. The summed E-state index contributed by atoms with van der Waals surface area (Å²) in [6.45, 7) is 3.55. The molecule has 0 saturated carbocycles. The fraction of sp³-hybridized carbons (Fsp3) is 0.800. The summed E-state index contributed by atoms with van der Waals surface area (Å²) in [4.78, 5) is 13.3. The van der Waals surface area contributed by atoms with Crippen LogP contribution < -0.4 is 0 Å². The van der Waals surface area contributed by atoms with Crippen LogP contribution in [0.2, 0.25) is 0 Å². The lowest BCUT2D eigenvalue weighted by Gasteiger charge is -2.32. The zero-order valence-corrected chi connectivity index (χ0v) is 10.1. The highest BCUT2D eigenvalue weighted by Gasteiger charge is 2.27. The number of esters is 1. The number of carbonyl (C=O) groups is 1. The first kappa shape index (κ1) is 12.4. The van der Waals surface area contributed by atoms with Gasteiger partial charge in [-0.2, -0.15) is 0 Å². The second-order valence-electron chi connectivity index (χ2n) is 3.55. The van der Waals surface area contributed by atoms with Crippen LogP contribution in [0.1, 0.15) is 19.8 Å². The Labute approximate surface area is 94.9 Å². The van der Waals surface area contributed by atoms with Crippen LogP contribution in [-0.4, -0.2) is 42.0 Å². The lowest BCUT2D eigenvalue weighted by atomic mass is 9.99. The molecular formula is C10H18N2O2S. The SMILES string of the molecule is CCSC(=N)N1CCCC(C(=O)OC)C1. The number of ether oxygens (including phenoxy) is 1. The average Bonchev–Trinajstić information content (AvgIpc) is 2.28. The summed E-state index contributed by atoms with van der Waals surface area (Å²) < 4.78 is 4.73. The Hall–Kier alpha value is -0.710. The standard InChI is InChI=1S/C10H18N2O2S/c1-3-15-10(11)12-6-4-5-8(7-12)9(13)14-2/h8,11H,3-7H2,1-2H3. The normalized spacial score (nSPS) is 21.2. The van der Waals surface area contributed by atoms with Crippen LogP contribution in [0.25, 0.3) is 0 Å². The third kappa shape index (κ3) is 3.41. The van der Waals surface area contributed by atoms with Crippen molar-refractivity contribution in [1.82, 2.24) is 4.90 Å². The van der Waals surface area contributed by atoms with Gasteiger partial charge in [-0.05, 0) is 18.6 Å². The third-order valence-electron chi connectivity index (χ3n) is 2.52. The quantitative estimate of drug-likeness (QED) is 0.444. The second-order valence-corrected chi connectivity index (χ2v) is 4.80. The maximum atomic E-state index is 11.4. The molecule has 0 aromatic carbocycles. The number of hydrogen-bond donors (Lipinski definition) is 1. The van der Waals surface area contributed by atoms with E-state index in [1.54, 1.807) is 0 Å². The van der Waals surface area contributed by atoms with Gasteiger partial charge in [0, 0.05) is 13.1 Å². The van der Waals surface area contributed by atoms with Crippen LogP contribution >= 0.6 is 11.8 Å². The fourth-order valence-corrected chi connectivity index (χ4v) is 2.37. The number of piperidine rings is 1. The van der Waals surface area contributed by atoms with Crippen molar-refractivity contribution in [3.8, 4) is 0 Å². The Morgan fingerprint density at radius 1 is 1.67 bits per heavy atom. The summed E-state index contributed by atoms with van der Waals surface area (Å²) in [5, 5.41) is 8.38. The molecule has 1 atom stereocenters. The molecule has 0 aliphatic carbocycles. The molecule has 1 unspecified atom stereocenters. The lowest BCUT2D eigenvalue weighted by molar-refractivity contribution is -0.146. The number of thioether (sulfide) groups is 1. The van der Waals surface area contributed by atoms with Gasteiger partial charge >= 0.3 is 5.97 Å². The van der Waals surface area contributed by atoms with Crippen molar-refractivity contribution < 1.29 is 9.53 Å². The molecule has 0 aromatic heterocycles. The molecular weight excluding hydrogens is 212 g/mol. The lowest BCUT2D eigenvalue weighted by Crippen LogP contribution is -2.41. The molecule has 1 aliphatic rings. The van der Waals surface area contributed by atoms with Gasteiger partial charge < -0.3 is 9.64 Å². The van der Waals surface area contributed by atoms with Crippen LogP contribution in [0.15, 0.2) is 0 Å². The Morgan fingerprint density at radius 2 is 2.40 bits per heavy atom. The van der Waals surface area contributed by atoms with Crippen LogP contribution in [0.3, 0.4) is 0 Å². The minimum Gasteiger partial charge on any atom is -0.469 e. The molecule has 1 N–H and O–H groups in total. The first-order chi connectivity index (χ1) is 7.19. The van der Waals surface area contributed by atoms with E-state index in [0.717, 1.165) is 25.1 Å². The first-order valence-electron chi connectivity index (χ1n) is 5.23. The van der Waals surface area contributed by atoms with Gasteiger partial charge in [0.05, 0.1) is 13.0 Å². The van der Waals surface area contributed by atoms with Crippen molar-refractivity contribution in [2.24, 2.45) is 5.92 Å². The van der Waals surface area contributed by atoms with E-state index in [1.165, 1.54) is 18.9 Å². The molecule has 1 fully saturated rings. The number of amidine groups is 1. The van der Waals surface area contributed by atoms with Crippen molar-refractivity contribution >= 4 is 22.9 Å². The number of methoxy groups -OCH3 is 1. The van der Waals surface area contributed by atoms with Gasteiger partial charge in [0.15, 0.2) is 5.17 Å². The van der Waals surface area contributed by atoms with E-state index >= 15 is 0 Å². The highest BCUT2D eigenvalue weighted by molar-refractivity contribution is 8.13. The maximum Gasteiger partial charge on any atom is 0.310 e. The Balaban J connectivity index is 2.48. The maximum absolute atomic E-state index is 11.4. The number of hydrogen-bond acceptors (Lipinski definition) is 4. The molecule has 1 aliphatic heterocycles. The predicted octanol–water partition coefficient (Wildman–Crippen LogP) is 1.56. The van der Waals surface area contributed by atoms with Crippen molar-refractivity contribution in [2.45, 2.75) is 19.8 Å². The Kier molecular flexibility index (Phi) is 4.94. The monoisotopic (exact) mass is 230 g/mol. The van der Waals surface area contributed by atoms with Gasteiger partial charge in [0.2, 0.25) is 0 Å². The molecule has 5 heteroatoms. The van der Waals surface area contributed by atoms with Gasteiger partial charge in [-0.25, -0.2) is 0 Å². The van der Waals surface area contributed by atoms with Gasteiger partial charge in [0.1, 0.15) is 0 Å². The third-order valence-corrected chi connectivity index (χ3v) is 3.34. The van der Waals surface area contributed by atoms with Gasteiger partial charge in [-0.15, -0.1) is 0 Å². The minimum absolute atomic E-state index is 0.0541. The van der Waals surface area contributed by atoms with E-state index in [2.05, 4.69) is 0 Å². The van der Waals surface area contributed by atoms with Crippen LogP contribution in [0.5, 0.6) is 0 Å². The van der Waals surface area contributed by atoms with Crippen LogP contribution in [0.4, 0.5) is 0 Å². The summed E-state index contributed by atoms with van der Waals surface area (Å²) in [5.41, 5.74) is 0. The minimum atomic E-state index is -0.144. The molecule has 1 rings (SSSR count). The molecule has 86 valence electrons. The number of nitrogens with zero attached hydrogens (tertiary/aromatic N) is 1. The van der Waals surface area contributed by atoms with Gasteiger partial charge in [-0.3, -0.25) is 10.2 Å². The molecule has 0 bridgehead atoms. The molecule has 0 spiro atoms. The molecule has 1 heterocycles. The van der Waals surface area contributed by atoms with Crippen molar-refractivity contribution in [1.29, 1.82) is 5.41 Å². The number of likely N-dealkylation sites (tertiary alicyclic amines) is 1. The largest absolute Gasteiger partial charge is 0.469 e. The topological polar surface area (TPSA) is 53.4 Å². The van der Waals surface area contributed by atoms with E-state index in [-0.39, 0.29) is 11.9 Å². The highest BCUT2D eigenvalue weighted by Crippen LogP contribution is 2.20. The van der Waals surface area contributed by atoms with Gasteiger partial charge in [-0.1, -0.05) is 18.7 Å². The smallest absolute Gasteiger partial charge is 0.310 e. The molecule has 15 heavy (non-hydrogen) atoms. The number of carbonyl (C=O) groups excluding carboxylic acids is 1. The molecule has 0 aromatic rings. The number of nitrogens with one attached hydrogen (secondary N) is 1. The molecule has 4 nitrogen and oxygen atoms in total. The van der Waals surface area contributed by atoms with Crippen molar-refractivity contribution in [3.05, 3.63) is 0 Å². The number of rotatable bonds is 2. The Bertz CT molecular complexity index is 246. The second kappa shape index (κ2) is 6.00. The Morgan fingerprint density at radius 3 is 3.00 bits per heavy atom. The summed E-state index contributed by atoms with van der Waals surface area (Å²) >= 11 is 1.52. The zero-order valence-electron chi connectivity index (χ0n) is 9.28. The molecule has 0 amide bonds. The average molecular weight is 230 g/mol. The first-order valence-corrected chi connectivity index (χ1v) is 6.21. The summed E-state index contributed by atoms with van der Waals surface area (Å²) in [7, 11) is 1.42. The van der Waals surface area contributed by atoms with Crippen LogP contribution in [0, 0.1) is 11.3 Å². The molecule has 1 saturated heterocycles. The zero-order chi connectivity index (χ0) is 11.3. The van der Waals surface area contributed by atoms with Crippen molar-refractivity contribution in [2.75, 3.05) is 26.0 Å². The van der Waals surface area contributed by atoms with E-state index in [4.69, 9.17) is 10.1 Å². The van der Waals surface area contributed by atoms with Gasteiger partial charge in [0.25, 0.3) is 0 Å². The van der Waals surface area contributed by atoms with Crippen LogP contribution in [-0.2, 0) is 9.53 Å². The summed E-state index contributed by atoms with van der Waals surface area (Å²) in [6.07, 6.45) is 1.85. The van der Waals surface area contributed by atoms with E-state index in [1.807, 2.05) is 11.8 Å². The van der Waals surface area contributed by atoms with E-state index < -0.39 is 0 Å². The van der Waals surface area contributed by atoms with Crippen molar-refractivity contribution in [3.63, 3.8) is 0 Å².